The fourth-order valence-corrected chi connectivity index (χ4v) is 1.55. The molecule has 3 N–H and O–H groups in total. The first-order valence-electron chi connectivity index (χ1n) is 6.57. The van der Waals surface area contributed by atoms with Crippen molar-refractivity contribution in [2.75, 3.05) is 6.54 Å². The van der Waals surface area contributed by atoms with E-state index < -0.39 is 18.0 Å². The molecular formula is C13H22N4O3. The van der Waals surface area contributed by atoms with Crippen molar-refractivity contribution in [2.24, 2.45) is 18.9 Å². The van der Waals surface area contributed by atoms with Gasteiger partial charge in [0, 0.05) is 25.4 Å². The van der Waals surface area contributed by atoms with Crippen LogP contribution < -0.4 is 10.6 Å². The van der Waals surface area contributed by atoms with E-state index in [1.54, 1.807) is 13.2 Å². The predicted molar refractivity (Wildman–Crippen MR) is 74.1 cm³/mol. The van der Waals surface area contributed by atoms with Crippen LogP contribution in [0.2, 0.25) is 0 Å². The number of nitrogens with one attached hydrogen (secondary N) is 2. The molecule has 2 unspecified atom stereocenters. The minimum Gasteiger partial charge on any atom is -0.479 e. The summed E-state index contributed by atoms with van der Waals surface area (Å²) in [6, 6.07) is -1.59. The second kappa shape index (κ2) is 6.93. The van der Waals surface area contributed by atoms with Crippen molar-refractivity contribution >= 4 is 12.0 Å². The number of aliphatic carboxylic acids is 1. The number of carbonyl (C=O) groups is 2. The molecule has 0 saturated carbocycles. The van der Waals surface area contributed by atoms with Crippen LogP contribution in [0.5, 0.6) is 0 Å². The van der Waals surface area contributed by atoms with E-state index >= 15 is 0 Å². The van der Waals surface area contributed by atoms with E-state index in [4.69, 9.17) is 0 Å². The number of carbonyl (C=O) groups excluding carboxylic acids is 1. The number of carboxylic acids is 1. The Bertz CT molecular complexity index is 470. The third-order valence-electron chi connectivity index (χ3n) is 3.30. The molecular weight excluding hydrogens is 260 g/mol. The van der Waals surface area contributed by atoms with Crippen molar-refractivity contribution in [1.82, 2.24) is 20.4 Å². The molecule has 1 rings (SSSR count). The first kappa shape index (κ1) is 16.0. The van der Waals surface area contributed by atoms with Gasteiger partial charge in [0.1, 0.15) is 0 Å². The van der Waals surface area contributed by atoms with E-state index in [1.165, 1.54) is 10.9 Å². The number of nitrogens with zero attached hydrogens (tertiary/aromatic N) is 2. The number of hydrogen-bond acceptors (Lipinski definition) is 3. The van der Waals surface area contributed by atoms with Gasteiger partial charge >= 0.3 is 12.0 Å². The molecule has 0 radical (unpaired) electrons. The van der Waals surface area contributed by atoms with E-state index in [9.17, 15) is 14.7 Å². The molecule has 112 valence electrons. The molecule has 0 bridgehead atoms. The standard InChI is InChI=1S/C13H22N4O3/c1-8(2)9(3)5-14-13(20)16-11(12(18)19)10-6-15-17(4)7-10/h6-9,11H,5H2,1-4H3,(H,18,19)(H2,14,16,20). The van der Waals surface area contributed by atoms with Crippen molar-refractivity contribution in [3.63, 3.8) is 0 Å². The fraction of sp³-hybridized carbons (Fsp3) is 0.615. The maximum absolute atomic E-state index is 11.8. The summed E-state index contributed by atoms with van der Waals surface area (Å²) < 4.78 is 1.49. The largest absolute Gasteiger partial charge is 0.479 e. The van der Waals surface area contributed by atoms with Gasteiger partial charge in [-0.2, -0.15) is 5.10 Å². The van der Waals surface area contributed by atoms with Crippen LogP contribution in [0, 0.1) is 11.8 Å². The lowest BCUT2D eigenvalue weighted by molar-refractivity contribution is -0.139. The fourth-order valence-electron chi connectivity index (χ4n) is 1.55. The zero-order valence-electron chi connectivity index (χ0n) is 12.3. The lowest BCUT2D eigenvalue weighted by Gasteiger charge is -2.18. The van der Waals surface area contributed by atoms with Gasteiger partial charge < -0.3 is 15.7 Å². The number of urea groups is 1. The number of amides is 2. The topological polar surface area (TPSA) is 96.2 Å². The van der Waals surface area contributed by atoms with E-state index in [0.717, 1.165) is 0 Å². The molecule has 1 heterocycles. The summed E-state index contributed by atoms with van der Waals surface area (Å²) in [4.78, 5) is 23.0. The van der Waals surface area contributed by atoms with E-state index in [-0.39, 0.29) is 0 Å². The second-order valence-corrected chi connectivity index (χ2v) is 5.29. The van der Waals surface area contributed by atoms with Crippen molar-refractivity contribution in [3.8, 4) is 0 Å². The monoisotopic (exact) mass is 282 g/mol. The summed E-state index contributed by atoms with van der Waals surface area (Å²) in [5.41, 5.74) is 0.437. The number of rotatable bonds is 6. The highest BCUT2D eigenvalue weighted by molar-refractivity contribution is 5.83. The van der Waals surface area contributed by atoms with Crippen molar-refractivity contribution in [1.29, 1.82) is 0 Å². The zero-order valence-corrected chi connectivity index (χ0v) is 12.3. The van der Waals surface area contributed by atoms with Crippen LogP contribution in [0.4, 0.5) is 4.79 Å². The Labute approximate surface area is 118 Å². The maximum atomic E-state index is 11.8. The van der Waals surface area contributed by atoms with E-state index in [0.29, 0.717) is 23.9 Å². The van der Waals surface area contributed by atoms with Crippen LogP contribution in [-0.4, -0.2) is 33.4 Å². The Balaban J connectivity index is 2.59. The smallest absolute Gasteiger partial charge is 0.331 e. The highest BCUT2D eigenvalue weighted by Crippen LogP contribution is 2.12. The van der Waals surface area contributed by atoms with Crippen LogP contribution in [0.15, 0.2) is 12.4 Å². The second-order valence-electron chi connectivity index (χ2n) is 5.29. The van der Waals surface area contributed by atoms with Gasteiger partial charge in [-0.25, -0.2) is 9.59 Å². The normalized spacial score (nSPS) is 13.8. The molecule has 0 aliphatic carbocycles. The average molecular weight is 282 g/mol. The minimum absolute atomic E-state index is 0.322. The van der Waals surface area contributed by atoms with Gasteiger partial charge in [0.15, 0.2) is 6.04 Å². The van der Waals surface area contributed by atoms with E-state index in [1.807, 2.05) is 6.92 Å². The molecule has 1 aromatic rings. The quantitative estimate of drug-likeness (QED) is 0.729. The van der Waals surface area contributed by atoms with Crippen molar-refractivity contribution in [2.45, 2.75) is 26.8 Å². The number of aryl methyl sites for hydroxylation is 1. The van der Waals surface area contributed by atoms with Crippen LogP contribution in [0.3, 0.4) is 0 Å². The van der Waals surface area contributed by atoms with Crippen LogP contribution in [0.1, 0.15) is 32.4 Å². The highest BCUT2D eigenvalue weighted by Gasteiger charge is 2.23. The summed E-state index contributed by atoms with van der Waals surface area (Å²) in [6.07, 6.45) is 2.99. The molecule has 0 saturated heterocycles. The summed E-state index contributed by atoms with van der Waals surface area (Å²) in [6.45, 7) is 6.67. The maximum Gasteiger partial charge on any atom is 0.331 e. The highest BCUT2D eigenvalue weighted by atomic mass is 16.4. The summed E-state index contributed by atoms with van der Waals surface area (Å²) in [5, 5.41) is 18.2. The Morgan fingerprint density at radius 2 is 2.05 bits per heavy atom. The van der Waals surface area contributed by atoms with Gasteiger partial charge in [0.25, 0.3) is 0 Å². The van der Waals surface area contributed by atoms with Crippen LogP contribution in [-0.2, 0) is 11.8 Å². The molecule has 1 aromatic heterocycles. The molecule has 0 aliphatic heterocycles. The SMILES string of the molecule is CC(C)C(C)CNC(=O)NC(C(=O)O)c1cnn(C)c1. The Hall–Kier alpha value is -2.05. The Morgan fingerprint density at radius 1 is 1.40 bits per heavy atom. The first-order valence-corrected chi connectivity index (χ1v) is 6.57. The Morgan fingerprint density at radius 3 is 2.50 bits per heavy atom. The Kier molecular flexibility index (Phi) is 5.54. The summed E-state index contributed by atoms with van der Waals surface area (Å²) >= 11 is 0. The summed E-state index contributed by atoms with van der Waals surface area (Å²) in [7, 11) is 1.69. The molecule has 20 heavy (non-hydrogen) atoms. The van der Waals surface area contributed by atoms with Gasteiger partial charge in [-0.05, 0) is 11.8 Å². The molecule has 2 amide bonds. The van der Waals surface area contributed by atoms with Gasteiger partial charge in [-0.3, -0.25) is 4.68 Å². The van der Waals surface area contributed by atoms with E-state index in [2.05, 4.69) is 29.6 Å². The third kappa shape index (κ3) is 4.56. The van der Waals surface area contributed by atoms with Crippen LogP contribution in [0.25, 0.3) is 0 Å². The zero-order chi connectivity index (χ0) is 15.3. The lowest BCUT2D eigenvalue weighted by Crippen LogP contribution is -2.42. The number of carboxylic acid groups (broad SMARTS) is 1. The first-order chi connectivity index (χ1) is 9.31. The minimum atomic E-state index is -1.12. The van der Waals surface area contributed by atoms with Crippen molar-refractivity contribution < 1.29 is 14.7 Å². The molecule has 0 aromatic carbocycles. The lowest BCUT2D eigenvalue weighted by atomic mass is 9.98. The van der Waals surface area contributed by atoms with Crippen LogP contribution >= 0.6 is 0 Å². The van der Waals surface area contributed by atoms with Crippen molar-refractivity contribution in [3.05, 3.63) is 18.0 Å². The predicted octanol–water partition coefficient (Wildman–Crippen LogP) is 1.14. The van der Waals surface area contributed by atoms with Gasteiger partial charge in [-0.15, -0.1) is 0 Å². The summed E-state index contributed by atoms with van der Waals surface area (Å²) in [5.74, 6) is -0.351. The van der Waals surface area contributed by atoms with Gasteiger partial charge in [0.2, 0.25) is 0 Å². The van der Waals surface area contributed by atoms with Gasteiger partial charge in [-0.1, -0.05) is 20.8 Å². The molecule has 0 aliphatic rings. The number of aromatic nitrogens is 2. The van der Waals surface area contributed by atoms with Gasteiger partial charge in [0.05, 0.1) is 6.20 Å². The third-order valence-corrected chi connectivity index (χ3v) is 3.30. The molecule has 7 nitrogen and oxygen atoms in total. The molecule has 2 atom stereocenters. The average Bonchev–Trinajstić information content (AvgIpc) is 2.78. The molecule has 7 heteroatoms. The molecule has 0 fully saturated rings. The molecule has 0 spiro atoms. The number of hydrogen-bond donors (Lipinski definition) is 3.